The second-order valence-electron chi connectivity index (χ2n) is 7.77. The molecule has 0 heterocycles. The third kappa shape index (κ3) is 2.40. The molecule has 4 aliphatic rings. The van der Waals surface area contributed by atoms with Crippen LogP contribution < -0.4 is 9.05 Å². The highest BCUT2D eigenvalue weighted by Crippen LogP contribution is 2.66. The van der Waals surface area contributed by atoms with Crippen LogP contribution in [0.4, 0.5) is 0 Å². The van der Waals surface area contributed by atoms with Gasteiger partial charge in [-0.15, -0.1) is 0 Å². The Morgan fingerprint density at radius 3 is 1.23 bits per heavy atom. The molecule has 5 rings (SSSR count). The molecule has 6 unspecified atom stereocenters. The molecule has 0 fully saturated rings. The molecule has 0 saturated heterocycles. The molecule has 6 nitrogen and oxygen atoms in total. The first-order chi connectivity index (χ1) is 12.1. The van der Waals surface area contributed by atoms with Gasteiger partial charge in [0.25, 0.3) is 0 Å². The monoisotopic (exact) mass is 394 g/mol. The van der Waals surface area contributed by atoms with Gasteiger partial charge in [-0.2, -0.15) is 0 Å². The minimum absolute atomic E-state index is 0.0854. The first-order valence-corrected chi connectivity index (χ1v) is 12.8. The lowest BCUT2D eigenvalue weighted by atomic mass is 9.85. The van der Waals surface area contributed by atoms with Gasteiger partial charge in [0.05, 0.1) is 0 Å². The molecule has 0 aliphatic heterocycles. The summed E-state index contributed by atoms with van der Waals surface area (Å²) in [5.41, 5.74) is 3.43. The van der Waals surface area contributed by atoms with Crippen LogP contribution in [-0.4, -0.2) is 23.1 Å². The normalized spacial score (nSPS) is 33.7. The van der Waals surface area contributed by atoms with Crippen LogP contribution in [0.15, 0.2) is 24.3 Å². The number of hydrogen-bond acceptors (Lipinski definition) is 4. The average molecular weight is 394 g/mol. The quantitative estimate of drug-likeness (QED) is 0.582. The summed E-state index contributed by atoms with van der Waals surface area (Å²) in [5.74, 6) is 1.33. The Bertz CT molecular complexity index is 854. The van der Waals surface area contributed by atoms with E-state index in [0.29, 0.717) is 11.5 Å². The zero-order valence-electron chi connectivity index (χ0n) is 14.5. The van der Waals surface area contributed by atoms with Crippen molar-refractivity contribution in [1.29, 1.82) is 0 Å². The summed E-state index contributed by atoms with van der Waals surface area (Å²) in [4.78, 5) is 19.8. The second kappa shape index (κ2) is 5.14. The number of allylic oxidation sites excluding steroid dienone is 4. The molecule has 0 aromatic heterocycles. The molecule has 0 radical (unpaired) electrons. The van der Waals surface area contributed by atoms with Crippen molar-refractivity contribution < 1.29 is 28.0 Å². The van der Waals surface area contributed by atoms with E-state index in [2.05, 4.69) is 24.3 Å². The smallest absolute Gasteiger partial charge is 0.373 e. The third-order valence-electron chi connectivity index (χ3n) is 5.73. The van der Waals surface area contributed by atoms with Gasteiger partial charge in [-0.3, -0.25) is 0 Å². The van der Waals surface area contributed by atoms with E-state index in [4.69, 9.17) is 9.05 Å². The Kier molecular flexibility index (Phi) is 3.33. The van der Waals surface area contributed by atoms with Crippen molar-refractivity contribution in [1.82, 2.24) is 0 Å². The summed E-state index contributed by atoms with van der Waals surface area (Å²) < 4.78 is 35.5. The molecule has 0 spiro atoms. The van der Waals surface area contributed by atoms with Gasteiger partial charge in [0.15, 0.2) is 0 Å². The minimum Gasteiger partial charge on any atom is -0.424 e. The largest absolute Gasteiger partial charge is 0.424 e. The van der Waals surface area contributed by atoms with E-state index in [0.717, 1.165) is 35.1 Å². The molecule has 4 bridgehead atoms. The molecule has 4 aliphatic carbocycles. The number of hydrogen-bond donors (Lipinski definition) is 2. The molecule has 1 aromatic rings. The van der Waals surface area contributed by atoms with Crippen LogP contribution in [0.1, 0.15) is 58.8 Å². The maximum atomic E-state index is 12.1. The minimum atomic E-state index is -3.75. The molecule has 6 atom stereocenters. The van der Waals surface area contributed by atoms with Crippen LogP contribution in [0, 0.1) is 0 Å². The predicted octanol–water partition coefficient (Wildman–Crippen LogP) is 4.36. The molecule has 0 saturated carbocycles. The van der Waals surface area contributed by atoms with Crippen LogP contribution in [0.25, 0.3) is 0 Å². The summed E-state index contributed by atoms with van der Waals surface area (Å²) in [5, 5.41) is 0. The molecule has 8 heteroatoms. The Morgan fingerprint density at radius 1 is 0.731 bits per heavy atom. The highest BCUT2D eigenvalue weighted by molar-refractivity contribution is 7.52. The topological polar surface area (TPSA) is 93.1 Å². The lowest BCUT2D eigenvalue weighted by molar-refractivity contribution is 0.376. The van der Waals surface area contributed by atoms with Crippen LogP contribution >= 0.6 is 15.2 Å². The van der Waals surface area contributed by atoms with Gasteiger partial charge in [-0.05, 0) is 12.8 Å². The summed E-state index contributed by atoms with van der Waals surface area (Å²) >= 11 is 0. The fraction of sp³-hybridized carbons (Fsp3) is 0.444. The van der Waals surface area contributed by atoms with Crippen molar-refractivity contribution in [3.8, 4) is 11.5 Å². The second-order valence-corrected chi connectivity index (χ2v) is 11.3. The number of rotatable bonds is 4. The van der Waals surface area contributed by atoms with E-state index in [9.17, 15) is 18.9 Å². The molecule has 26 heavy (non-hydrogen) atoms. The van der Waals surface area contributed by atoms with Crippen molar-refractivity contribution in [3.05, 3.63) is 46.6 Å². The maximum absolute atomic E-state index is 12.1. The SMILES string of the molecule is CP(=O)(O)Oc1c2c(c(OP(C)(=O)O)c3c1C1C=CC3C1)C1C=CC2C1. The first-order valence-electron chi connectivity index (χ1n) is 8.72. The summed E-state index contributed by atoms with van der Waals surface area (Å²) in [7, 11) is -7.49. The van der Waals surface area contributed by atoms with Gasteiger partial charge in [0.2, 0.25) is 0 Å². The Balaban J connectivity index is 1.82. The van der Waals surface area contributed by atoms with Gasteiger partial charge in [-0.1, -0.05) is 24.3 Å². The summed E-state index contributed by atoms with van der Waals surface area (Å²) in [6.07, 6.45) is 10.0. The van der Waals surface area contributed by atoms with Crippen LogP contribution in [0.2, 0.25) is 0 Å². The van der Waals surface area contributed by atoms with E-state index in [-0.39, 0.29) is 23.7 Å². The zero-order valence-corrected chi connectivity index (χ0v) is 16.2. The number of fused-ring (bicyclic) bond motifs is 10. The molecule has 2 N–H and O–H groups in total. The van der Waals surface area contributed by atoms with Crippen molar-refractivity contribution in [3.63, 3.8) is 0 Å². The Morgan fingerprint density at radius 2 is 1.00 bits per heavy atom. The number of benzene rings is 1. The third-order valence-corrected chi connectivity index (χ3v) is 6.77. The predicted molar refractivity (Wildman–Crippen MR) is 97.7 cm³/mol. The molecule has 138 valence electrons. The Labute approximate surface area is 151 Å². The van der Waals surface area contributed by atoms with Crippen molar-refractivity contribution in [2.75, 3.05) is 13.3 Å². The van der Waals surface area contributed by atoms with Gasteiger partial charge in [-0.25, -0.2) is 9.13 Å². The fourth-order valence-corrected chi connectivity index (χ4v) is 6.11. The van der Waals surface area contributed by atoms with Crippen molar-refractivity contribution >= 4 is 15.2 Å². The van der Waals surface area contributed by atoms with E-state index in [1.165, 1.54) is 13.3 Å². The van der Waals surface area contributed by atoms with Crippen molar-refractivity contribution in [2.45, 2.75) is 36.5 Å². The fourth-order valence-electron chi connectivity index (χ4n) is 5.04. The van der Waals surface area contributed by atoms with Crippen molar-refractivity contribution in [2.24, 2.45) is 0 Å². The standard InChI is InChI=1S/C18H20O6P2/c1-25(19,20)23-17-13-9-3-5-11(7-9)15(13)18(24-26(2,21)22)16-12-6-4-10(8-12)14(16)17/h3-6,9-12H,7-8H2,1-2H3,(H,19,20)(H,21,22). The van der Waals surface area contributed by atoms with E-state index in [1.807, 2.05) is 0 Å². The maximum Gasteiger partial charge on any atom is 0.373 e. The van der Waals surface area contributed by atoms with Gasteiger partial charge in [0, 0.05) is 59.3 Å². The highest BCUT2D eigenvalue weighted by atomic mass is 31.2. The molecule has 1 aromatic carbocycles. The first kappa shape index (κ1) is 16.8. The Hall–Kier alpha value is -1.32. The van der Waals surface area contributed by atoms with Crippen LogP contribution in [0.3, 0.4) is 0 Å². The van der Waals surface area contributed by atoms with Gasteiger partial charge < -0.3 is 18.8 Å². The summed E-state index contributed by atoms with van der Waals surface area (Å²) in [6.45, 7) is 2.38. The van der Waals surface area contributed by atoms with Crippen LogP contribution in [0.5, 0.6) is 11.5 Å². The average Bonchev–Trinajstić information content (AvgIpc) is 3.25. The molecular formula is C18H20O6P2. The molecule has 0 amide bonds. The lowest BCUT2D eigenvalue weighted by Crippen LogP contribution is -2.10. The van der Waals surface area contributed by atoms with Gasteiger partial charge >= 0.3 is 15.2 Å². The van der Waals surface area contributed by atoms with E-state index in [1.54, 1.807) is 0 Å². The van der Waals surface area contributed by atoms with Gasteiger partial charge in [0.1, 0.15) is 11.5 Å². The van der Waals surface area contributed by atoms with E-state index >= 15 is 0 Å². The molecular weight excluding hydrogens is 374 g/mol. The zero-order chi connectivity index (χ0) is 18.4. The highest BCUT2D eigenvalue weighted by Gasteiger charge is 2.48. The van der Waals surface area contributed by atoms with Crippen LogP contribution in [-0.2, 0) is 9.13 Å². The lowest BCUT2D eigenvalue weighted by Gasteiger charge is -2.28. The van der Waals surface area contributed by atoms with E-state index < -0.39 is 15.2 Å². The summed E-state index contributed by atoms with van der Waals surface area (Å²) in [6, 6.07) is 0.